The van der Waals surface area contributed by atoms with Crippen LogP contribution < -0.4 is 4.74 Å². The van der Waals surface area contributed by atoms with E-state index in [1.54, 1.807) is 44.5 Å². The molecule has 0 aliphatic rings. The van der Waals surface area contributed by atoms with Crippen molar-refractivity contribution in [3.05, 3.63) is 64.7 Å². The molecule has 0 saturated carbocycles. The molecule has 0 bridgehead atoms. The molecule has 6 heteroatoms. The fourth-order valence-corrected chi connectivity index (χ4v) is 3.47. The molecule has 0 spiro atoms. The van der Waals surface area contributed by atoms with Crippen molar-refractivity contribution in [3.63, 3.8) is 0 Å². The van der Waals surface area contributed by atoms with Crippen molar-refractivity contribution in [3.8, 4) is 5.75 Å². The third-order valence-corrected chi connectivity index (χ3v) is 5.31. The van der Waals surface area contributed by atoms with Crippen LogP contribution in [0, 0.1) is 0 Å². The number of ether oxygens (including phenoxy) is 1. The zero-order chi connectivity index (χ0) is 16.2. The molecule has 22 heavy (non-hydrogen) atoms. The predicted molar refractivity (Wildman–Crippen MR) is 88.5 cm³/mol. The molecule has 0 radical (unpaired) electrons. The zero-order valence-corrected chi connectivity index (χ0v) is 14.1. The van der Waals surface area contributed by atoms with E-state index >= 15 is 0 Å². The lowest BCUT2D eigenvalue weighted by molar-refractivity contribution is 0.398. The van der Waals surface area contributed by atoms with Crippen LogP contribution in [0.3, 0.4) is 0 Å². The van der Waals surface area contributed by atoms with Gasteiger partial charge in [0.1, 0.15) is 5.75 Å². The molecule has 2 aromatic carbocycles. The van der Waals surface area contributed by atoms with Gasteiger partial charge in [-0.05, 0) is 23.8 Å². The van der Waals surface area contributed by atoms with Gasteiger partial charge in [0.25, 0.3) is 0 Å². The monoisotopic (exact) mass is 339 g/mol. The molecule has 4 nitrogen and oxygen atoms in total. The van der Waals surface area contributed by atoms with Crippen LogP contribution in [0.2, 0.25) is 5.02 Å². The van der Waals surface area contributed by atoms with E-state index in [1.807, 2.05) is 18.2 Å². The lowest BCUT2D eigenvalue weighted by atomic mass is 10.2. The first kappa shape index (κ1) is 16.8. The van der Waals surface area contributed by atoms with Gasteiger partial charge in [-0.25, -0.2) is 12.7 Å². The summed E-state index contributed by atoms with van der Waals surface area (Å²) >= 11 is 5.98. The highest BCUT2D eigenvalue weighted by molar-refractivity contribution is 7.88. The van der Waals surface area contributed by atoms with E-state index in [2.05, 4.69) is 0 Å². The quantitative estimate of drug-likeness (QED) is 0.811. The molecule has 0 saturated heterocycles. The molecule has 0 aliphatic heterocycles. The Morgan fingerprint density at radius 3 is 2.45 bits per heavy atom. The van der Waals surface area contributed by atoms with Gasteiger partial charge >= 0.3 is 0 Å². The summed E-state index contributed by atoms with van der Waals surface area (Å²) in [7, 11) is -0.314. The van der Waals surface area contributed by atoms with Gasteiger partial charge < -0.3 is 4.74 Å². The maximum Gasteiger partial charge on any atom is 0.218 e. The van der Waals surface area contributed by atoms with E-state index in [4.69, 9.17) is 16.3 Å². The number of benzene rings is 2. The lowest BCUT2D eigenvalue weighted by Gasteiger charge is -2.19. The van der Waals surface area contributed by atoms with Gasteiger partial charge in [0.2, 0.25) is 10.0 Å². The summed E-state index contributed by atoms with van der Waals surface area (Å²) in [4.78, 5) is 0. The van der Waals surface area contributed by atoms with Gasteiger partial charge in [0.15, 0.2) is 0 Å². The first-order chi connectivity index (χ1) is 10.4. The van der Waals surface area contributed by atoms with Crippen molar-refractivity contribution in [1.82, 2.24) is 4.31 Å². The summed E-state index contributed by atoms with van der Waals surface area (Å²) in [5, 5.41) is 0.546. The van der Waals surface area contributed by atoms with Gasteiger partial charge in [-0.1, -0.05) is 41.9 Å². The minimum Gasteiger partial charge on any atom is -0.496 e. The number of halogens is 1. The number of rotatable bonds is 6. The third kappa shape index (κ3) is 4.22. The summed E-state index contributed by atoms with van der Waals surface area (Å²) in [6.45, 7) is 0.207. The maximum atomic E-state index is 12.4. The molecule has 0 N–H and O–H groups in total. The van der Waals surface area contributed by atoms with Crippen LogP contribution in [0.1, 0.15) is 11.1 Å². The number of nitrogens with zero attached hydrogens (tertiary/aromatic N) is 1. The number of hydrogen-bond acceptors (Lipinski definition) is 3. The van der Waals surface area contributed by atoms with Gasteiger partial charge in [-0.2, -0.15) is 0 Å². The van der Waals surface area contributed by atoms with Crippen LogP contribution in [0.4, 0.5) is 0 Å². The Morgan fingerprint density at radius 2 is 1.82 bits per heavy atom. The molecule has 0 heterocycles. The SMILES string of the molecule is COc1ccc(Cl)cc1CN(C)S(=O)(=O)Cc1ccccc1. The largest absolute Gasteiger partial charge is 0.496 e. The van der Waals surface area contributed by atoms with E-state index in [9.17, 15) is 8.42 Å². The van der Waals surface area contributed by atoms with Gasteiger partial charge in [0, 0.05) is 24.2 Å². The Balaban J connectivity index is 2.17. The molecule has 0 fully saturated rings. The third-order valence-electron chi connectivity index (χ3n) is 3.30. The molecule has 2 rings (SSSR count). The van der Waals surface area contributed by atoms with Crippen LogP contribution >= 0.6 is 11.6 Å². The normalized spacial score (nSPS) is 11.6. The first-order valence-corrected chi connectivity index (χ1v) is 8.71. The average molecular weight is 340 g/mol. The number of methoxy groups -OCH3 is 1. The Morgan fingerprint density at radius 1 is 1.14 bits per heavy atom. The van der Waals surface area contributed by atoms with Crippen LogP contribution in [-0.4, -0.2) is 26.9 Å². The Kier molecular flexibility index (Phi) is 5.45. The van der Waals surface area contributed by atoms with Crippen LogP contribution in [0.5, 0.6) is 5.75 Å². The molecule has 0 atom stereocenters. The summed E-state index contributed by atoms with van der Waals surface area (Å²) in [5.74, 6) is 0.582. The summed E-state index contributed by atoms with van der Waals surface area (Å²) in [6, 6.07) is 14.3. The maximum absolute atomic E-state index is 12.4. The highest BCUT2D eigenvalue weighted by Gasteiger charge is 2.20. The minimum atomic E-state index is -3.41. The van der Waals surface area contributed by atoms with E-state index < -0.39 is 10.0 Å². The van der Waals surface area contributed by atoms with Crippen molar-refractivity contribution < 1.29 is 13.2 Å². The molecule has 2 aromatic rings. The summed E-state index contributed by atoms with van der Waals surface area (Å²) in [5.41, 5.74) is 1.49. The molecule has 0 aliphatic carbocycles. The van der Waals surface area contributed by atoms with E-state index in [0.29, 0.717) is 10.8 Å². The molecular formula is C16H18ClNO3S. The molecule has 0 amide bonds. The van der Waals surface area contributed by atoms with Crippen LogP contribution in [0.25, 0.3) is 0 Å². The second-order valence-electron chi connectivity index (χ2n) is 4.95. The Labute approximate surface area is 136 Å². The molecule has 0 unspecified atom stereocenters. The van der Waals surface area contributed by atoms with Crippen LogP contribution in [0.15, 0.2) is 48.5 Å². The van der Waals surface area contributed by atoms with Gasteiger partial charge in [0.05, 0.1) is 12.9 Å². The Hall–Kier alpha value is -1.56. The topological polar surface area (TPSA) is 46.6 Å². The van der Waals surface area contributed by atoms with Crippen molar-refractivity contribution >= 4 is 21.6 Å². The van der Waals surface area contributed by atoms with Gasteiger partial charge in [-0.3, -0.25) is 0 Å². The molecule has 118 valence electrons. The Bertz CT molecular complexity index is 732. The smallest absolute Gasteiger partial charge is 0.218 e. The predicted octanol–water partition coefficient (Wildman–Crippen LogP) is 3.31. The second kappa shape index (κ2) is 7.13. The highest BCUT2D eigenvalue weighted by atomic mass is 35.5. The number of hydrogen-bond donors (Lipinski definition) is 0. The van der Waals surface area contributed by atoms with E-state index in [-0.39, 0.29) is 12.3 Å². The average Bonchev–Trinajstić information content (AvgIpc) is 2.48. The van der Waals surface area contributed by atoms with Gasteiger partial charge in [-0.15, -0.1) is 0 Å². The van der Waals surface area contributed by atoms with Crippen molar-refractivity contribution in [2.75, 3.05) is 14.2 Å². The fraction of sp³-hybridized carbons (Fsp3) is 0.250. The molecular weight excluding hydrogens is 322 g/mol. The van der Waals surface area contributed by atoms with Crippen molar-refractivity contribution in [2.45, 2.75) is 12.3 Å². The summed E-state index contributed by atoms with van der Waals surface area (Å²) in [6.07, 6.45) is 0. The highest BCUT2D eigenvalue weighted by Crippen LogP contribution is 2.25. The van der Waals surface area contributed by atoms with Crippen molar-refractivity contribution in [2.24, 2.45) is 0 Å². The fourth-order valence-electron chi connectivity index (χ4n) is 2.10. The lowest BCUT2D eigenvalue weighted by Crippen LogP contribution is -2.28. The van der Waals surface area contributed by atoms with E-state index in [0.717, 1.165) is 11.1 Å². The van der Waals surface area contributed by atoms with E-state index in [1.165, 1.54) is 4.31 Å². The standard InChI is InChI=1S/C16H18ClNO3S/c1-18(11-14-10-15(17)8-9-16(14)21-2)22(19,20)12-13-6-4-3-5-7-13/h3-10H,11-12H2,1-2H3. The minimum absolute atomic E-state index is 0.0345. The molecule has 0 aromatic heterocycles. The number of sulfonamides is 1. The van der Waals surface area contributed by atoms with Crippen molar-refractivity contribution in [1.29, 1.82) is 0 Å². The van der Waals surface area contributed by atoms with Crippen LogP contribution in [-0.2, 0) is 22.3 Å². The zero-order valence-electron chi connectivity index (χ0n) is 12.5. The first-order valence-electron chi connectivity index (χ1n) is 6.73. The second-order valence-corrected chi connectivity index (χ2v) is 7.47. The summed E-state index contributed by atoms with van der Waals surface area (Å²) < 4.78 is 31.4.